The predicted molar refractivity (Wildman–Crippen MR) is 122 cm³/mol. The molecule has 2 aromatic carbocycles. The molecule has 0 radical (unpaired) electrons. The van der Waals surface area contributed by atoms with Gasteiger partial charge in [0.25, 0.3) is 5.91 Å². The fourth-order valence-electron chi connectivity index (χ4n) is 3.92. The molecule has 7 heteroatoms. The molecule has 1 heterocycles. The molecule has 30 heavy (non-hydrogen) atoms. The van der Waals surface area contributed by atoms with Crippen LogP contribution < -0.4 is 10.6 Å². The van der Waals surface area contributed by atoms with Crippen molar-refractivity contribution in [2.24, 2.45) is 0 Å². The van der Waals surface area contributed by atoms with E-state index in [4.69, 9.17) is 16.6 Å². The highest BCUT2D eigenvalue weighted by Crippen LogP contribution is 2.25. The molecule has 1 aliphatic rings. The largest absolute Gasteiger partial charge is 0.367 e. The average Bonchev–Trinajstić information content (AvgIpc) is 2.71. The Morgan fingerprint density at radius 1 is 1.07 bits per heavy atom. The fraction of sp³-hybridized carbons (Fsp3) is 0.304. The number of benzene rings is 2. The summed E-state index contributed by atoms with van der Waals surface area (Å²) in [6.07, 6.45) is 3.61. The van der Waals surface area contributed by atoms with E-state index >= 15 is 0 Å². The third-order valence-corrected chi connectivity index (χ3v) is 5.83. The van der Waals surface area contributed by atoms with Gasteiger partial charge in [0.1, 0.15) is 11.6 Å². The van der Waals surface area contributed by atoms with Crippen molar-refractivity contribution in [2.75, 3.05) is 5.32 Å². The number of fused-ring (bicyclic) bond motifs is 1. The van der Waals surface area contributed by atoms with Gasteiger partial charge in [-0.3, -0.25) is 4.79 Å². The quantitative estimate of drug-likeness (QED) is 0.522. The first kappa shape index (κ1) is 22.3. The summed E-state index contributed by atoms with van der Waals surface area (Å²) in [7, 11) is 0. The van der Waals surface area contributed by atoms with Gasteiger partial charge in [-0.25, -0.2) is 9.37 Å². The smallest absolute Gasteiger partial charge is 0.251 e. The number of nitrogens with one attached hydrogen (secondary N) is 2. The predicted octanol–water partition coefficient (Wildman–Crippen LogP) is 5.91. The van der Waals surface area contributed by atoms with Crippen LogP contribution in [0.3, 0.4) is 0 Å². The van der Waals surface area contributed by atoms with Crippen LogP contribution in [0.2, 0.25) is 5.02 Å². The van der Waals surface area contributed by atoms with E-state index in [2.05, 4.69) is 29.7 Å². The van der Waals surface area contributed by atoms with Gasteiger partial charge in [-0.05, 0) is 68.5 Å². The molecular weight excluding hydrogens is 424 g/mol. The molecule has 3 aromatic rings. The van der Waals surface area contributed by atoms with Gasteiger partial charge in [0, 0.05) is 23.0 Å². The molecule has 4 rings (SSSR count). The van der Waals surface area contributed by atoms with E-state index < -0.39 is 5.82 Å². The summed E-state index contributed by atoms with van der Waals surface area (Å²) in [5, 5.41) is 7.74. The van der Waals surface area contributed by atoms with Crippen molar-refractivity contribution in [2.45, 2.75) is 44.7 Å². The topological polar surface area (TPSA) is 54.0 Å². The van der Waals surface area contributed by atoms with Crippen molar-refractivity contribution in [1.82, 2.24) is 10.3 Å². The number of hydrogen-bond donors (Lipinski definition) is 2. The van der Waals surface area contributed by atoms with Gasteiger partial charge in [-0.1, -0.05) is 29.8 Å². The lowest BCUT2D eigenvalue weighted by molar-refractivity contribution is 0.0926. The van der Waals surface area contributed by atoms with Crippen LogP contribution in [-0.4, -0.2) is 23.0 Å². The molecule has 158 valence electrons. The lowest BCUT2D eigenvalue weighted by Gasteiger charge is -2.30. The van der Waals surface area contributed by atoms with Crippen LogP contribution in [0.5, 0.6) is 0 Å². The minimum Gasteiger partial charge on any atom is -0.367 e. The number of aromatic nitrogens is 1. The lowest BCUT2D eigenvalue weighted by atomic mass is 9.91. The van der Waals surface area contributed by atoms with Crippen LogP contribution in [0.15, 0.2) is 48.5 Å². The first-order valence-electron chi connectivity index (χ1n) is 9.88. The molecule has 1 fully saturated rings. The van der Waals surface area contributed by atoms with Gasteiger partial charge in [0.2, 0.25) is 0 Å². The van der Waals surface area contributed by atoms with E-state index in [9.17, 15) is 9.18 Å². The number of carbonyl (C=O) groups is 1. The zero-order valence-electron chi connectivity index (χ0n) is 16.6. The van der Waals surface area contributed by atoms with Crippen molar-refractivity contribution in [1.29, 1.82) is 0 Å². The number of anilines is 1. The van der Waals surface area contributed by atoms with E-state index in [0.29, 0.717) is 11.6 Å². The Bertz CT molecular complexity index is 1050. The monoisotopic (exact) mass is 447 g/mol. The average molecular weight is 448 g/mol. The van der Waals surface area contributed by atoms with Crippen molar-refractivity contribution in [3.8, 4) is 0 Å². The molecular formula is C23H24Cl2FN3O. The number of nitrogens with zero attached hydrogens (tertiary/aromatic N) is 1. The Kier molecular flexibility index (Phi) is 7.16. The van der Waals surface area contributed by atoms with Crippen molar-refractivity contribution >= 4 is 46.6 Å². The molecule has 1 saturated carbocycles. The highest BCUT2D eigenvalue weighted by Gasteiger charge is 2.23. The normalized spacial score (nSPS) is 18.5. The van der Waals surface area contributed by atoms with Crippen LogP contribution in [-0.2, 0) is 0 Å². The van der Waals surface area contributed by atoms with Gasteiger partial charge >= 0.3 is 0 Å². The van der Waals surface area contributed by atoms with Gasteiger partial charge in [-0.15, -0.1) is 12.4 Å². The fourth-order valence-corrected chi connectivity index (χ4v) is 4.04. The molecule has 0 atom stereocenters. The molecule has 2 N–H and O–H groups in total. The molecule has 4 nitrogen and oxygen atoms in total. The summed E-state index contributed by atoms with van der Waals surface area (Å²) in [6, 6.07) is 14.8. The first-order valence-corrected chi connectivity index (χ1v) is 10.3. The van der Waals surface area contributed by atoms with Crippen molar-refractivity contribution in [3.63, 3.8) is 0 Å². The molecule has 0 bridgehead atoms. The molecule has 0 unspecified atom stereocenters. The molecule has 1 aromatic heterocycles. The van der Waals surface area contributed by atoms with Crippen molar-refractivity contribution in [3.05, 3.63) is 70.5 Å². The van der Waals surface area contributed by atoms with E-state index in [1.807, 2.05) is 18.2 Å². The second kappa shape index (κ2) is 9.63. The number of para-hydroxylation sites is 1. The Morgan fingerprint density at radius 3 is 2.50 bits per heavy atom. The number of rotatable bonds is 4. The number of pyridine rings is 1. The number of hydrogen-bond acceptors (Lipinski definition) is 3. The molecule has 0 aliphatic heterocycles. The molecule has 0 spiro atoms. The highest BCUT2D eigenvalue weighted by atomic mass is 35.5. The van der Waals surface area contributed by atoms with Crippen LogP contribution >= 0.6 is 24.0 Å². The van der Waals surface area contributed by atoms with Gasteiger partial charge in [0.15, 0.2) is 0 Å². The zero-order chi connectivity index (χ0) is 20.4. The molecule has 1 aliphatic carbocycles. The van der Waals surface area contributed by atoms with Gasteiger partial charge < -0.3 is 10.6 Å². The number of amides is 1. The first-order chi connectivity index (χ1) is 14.0. The Hall–Kier alpha value is -2.37. The Balaban J connectivity index is 0.00000256. The Morgan fingerprint density at radius 2 is 1.77 bits per heavy atom. The minimum atomic E-state index is -0.578. The van der Waals surface area contributed by atoms with E-state index in [0.717, 1.165) is 37.0 Å². The highest BCUT2D eigenvalue weighted by molar-refractivity contribution is 6.30. The van der Waals surface area contributed by atoms with Gasteiger partial charge in [-0.2, -0.15) is 0 Å². The van der Waals surface area contributed by atoms with E-state index in [1.165, 1.54) is 23.1 Å². The number of carbonyl (C=O) groups excluding carboxylic acids is 1. The van der Waals surface area contributed by atoms with Crippen LogP contribution in [0.1, 0.15) is 41.6 Å². The zero-order valence-corrected chi connectivity index (χ0v) is 18.2. The standard InChI is InChI=1S/C23H23ClFN3O.ClH/c1-14-12-22(28-21-5-3-2-4-18(14)21)26-16-7-9-17(10-8-16)27-23(29)15-6-11-19(24)20(25)13-15;/h2-6,11-13,16-17H,7-10H2,1H3,(H,26,28)(H,27,29);1H/t16-,17+;. The van der Waals surface area contributed by atoms with Gasteiger partial charge in [0.05, 0.1) is 10.5 Å². The van der Waals surface area contributed by atoms with E-state index in [-0.39, 0.29) is 29.4 Å². The summed E-state index contributed by atoms with van der Waals surface area (Å²) in [4.78, 5) is 17.1. The Labute approximate surface area is 186 Å². The van der Waals surface area contributed by atoms with Crippen LogP contribution in [0.4, 0.5) is 10.2 Å². The maximum absolute atomic E-state index is 13.6. The van der Waals surface area contributed by atoms with Crippen LogP contribution in [0, 0.1) is 12.7 Å². The number of halogens is 3. The van der Waals surface area contributed by atoms with Crippen LogP contribution in [0.25, 0.3) is 10.9 Å². The third-order valence-electron chi connectivity index (χ3n) is 5.52. The maximum Gasteiger partial charge on any atom is 0.251 e. The SMILES string of the molecule is Cc1cc(N[C@H]2CC[C@@H](NC(=O)c3ccc(Cl)c(F)c3)CC2)nc2ccccc12.Cl. The summed E-state index contributed by atoms with van der Waals surface area (Å²) in [5.74, 6) is 0.0551. The van der Waals surface area contributed by atoms with Crippen molar-refractivity contribution < 1.29 is 9.18 Å². The molecule has 0 saturated heterocycles. The summed E-state index contributed by atoms with van der Waals surface area (Å²) >= 11 is 5.68. The molecule has 1 amide bonds. The second-order valence-corrected chi connectivity index (χ2v) is 8.04. The summed E-state index contributed by atoms with van der Waals surface area (Å²) < 4.78 is 13.6. The minimum absolute atomic E-state index is 0. The maximum atomic E-state index is 13.6. The van der Waals surface area contributed by atoms with E-state index in [1.54, 1.807) is 6.07 Å². The summed E-state index contributed by atoms with van der Waals surface area (Å²) in [5.41, 5.74) is 2.49. The lowest BCUT2D eigenvalue weighted by Crippen LogP contribution is -2.40. The third kappa shape index (κ3) is 5.02. The second-order valence-electron chi connectivity index (χ2n) is 7.64. The summed E-state index contributed by atoms with van der Waals surface area (Å²) in [6.45, 7) is 2.10. The number of aryl methyl sites for hydroxylation is 1.